The summed E-state index contributed by atoms with van der Waals surface area (Å²) in [7, 11) is 0. The highest BCUT2D eigenvalue weighted by Gasteiger charge is 1.86. The molecule has 78 valence electrons. The molecule has 0 aliphatic rings. The van der Waals surface area contributed by atoms with Gasteiger partial charge in [0.25, 0.3) is 0 Å². The summed E-state index contributed by atoms with van der Waals surface area (Å²) in [5.41, 5.74) is 10.4. The molecule has 0 aromatic rings. The van der Waals surface area contributed by atoms with Crippen LogP contribution in [0.1, 0.15) is 39.5 Å². The first-order valence-electron chi connectivity index (χ1n) is 4.71. The van der Waals surface area contributed by atoms with Crippen molar-refractivity contribution in [3.8, 4) is 0 Å². The Bertz CT molecular complexity index is 128. The highest BCUT2D eigenvalue weighted by atomic mass is 16.1. The molecule has 0 aliphatic carbocycles. The number of hydrogen-bond acceptors (Lipinski definition) is 2. The molecule has 0 atom stereocenters. The number of nitrogens with two attached hydrogens (primary N) is 2. The number of primary amides is 1. The Balaban J connectivity index is 0. The lowest BCUT2D eigenvalue weighted by molar-refractivity contribution is -0.114. The molecule has 0 rings (SSSR count). The van der Waals surface area contributed by atoms with Crippen LogP contribution in [-0.2, 0) is 4.79 Å². The summed E-state index contributed by atoms with van der Waals surface area (Å²) in [5, 5.41) is 0. The van der Waals surface area contributed by atoms with Crippen LogP contribution in [-0.4, -0.2) is 12.5 Å². The zero-order valence-electron chi connectivity index (χ0n) is 8.81. The molecule has 13 heavy (non-hydrogen) atoms. The average Bonchev–Trinajstić information content (AvgIpc) is 2.06. The van der Waals surface area contributed by atoms with Crippen LogP contribution in [0.5, 0.6) is 0 Å². The monoisotopic (exact) mass is 186 g/mol. The molecule has 0 radical (unpaired) electrons. The Morgan fingerprint density at radius 3 is 2.00 bits per heavy atom. The first-order chi connectivity index (χ1) is 6.06. The predicted octanol–water partition coefficient (Wildman–Crippen LogP) is 1.57. The van der Waals surface area contributed by atoms with E-state index in [1.807, 2.05) is 0 Å². The van der Waals surface area contributed by atoms with Crippen molar-refractivity contribution in [2.24, 2.45) is 11.5 Å². The highest BCUT2D eigenvalue weighted by molar-refractivity contribution is 5.90. The minimum Gasteiger partial charge on any atom is -0.366 e. The van der Waals surface area contributed by atoms with Crippen molar-refractivity contribution >= 4 is 5.91 Å². The van der Waals surface area contributed by atoms with E-state index in [1.165, 1.54) is 25.7 Å². The molecule has 0 unspecified atom stereocenters. The van der Waals surface area contributed by atoms with Crippen LogP contribution in [0.3, 0.4) is 0 Å². The maximum atomic E-state index is 9.82. The molecule has 0 heterocycles. The molecule has 1 amide bonds. The van der Waals surface area contributed by atoms with Crippen molar-refractivity contribution in [2.75, 3.05) is 6.54 Å². The van der Waals surface area contributed by atoms with Gasteiger partial charge in [-0.25, -0.2) is 0 Å². The Labute approximate surface area is 81.2 Å². The maximum absolute atomic E-state index is 9.82. The highest BCUT2D eigenvalue weighted by Crippen LogP contribution is 1.95. The van der Waals surface area contributed by atoms with E-state index < -0.39 is 5.91 Å². The van der Waals surface area contributed by atoms with Crippen LogP contribution < -0.4 is 11.5 Å². The van der Waals surface area contributed by atoms with Crippen LogP contribution in [0.2, 0.25) is 0 Å². The molecule has 0 fully saturated rings. The van der Waals surface area contributed by atoms with Crippen molar-refractivity contribution < 1.29 is 4.79 Å². The molecular weight excluding hydrogens is 164 g/mol. The summed E-state index contributed by atoms with van der Waals surface area (Å²) in [6, 6.07) is 0. The summed E-state index contributed by atoms with van der Waals surface area (Å²) in [5.74, 6) is -0.435. The second kappa shape index (κ2) is 11.2. The summed E-state index contributed by atoms with van der Waals surface area (Å²) in [4.78, 5) is 9.82. The summed E-state index contributed by atoms with van der Waals surface area (Å²) in [6.07, 6.45) is 5.16. The Morgan fingerprint density at radius 2 is 1.77 bits per heavy atom. The molecular formula is C10H22N2O. The van der Waals surface area contributed by atoms with E-state index in [0.717, 1.165) is 6.54 Å². The van der Waals surface area contributed by atoms with Crippen LogP contribution in [0.15, 0.2) is 12.2 Å². The zero-order valence-corrected chi connectivity index (χ0v) is 8.81. The fourth-order valence-corrected chi connectivity index (χ4v) is 0.571. The molecule has 0 aromatic heterocycles. The van der Waals surface area contributed by atoms with Crippen molar-refractivity contribution in [3.05, 3.63) is 12.2 Å². The van der Waals surface area contributed by atoms with E-state index in [2.05, 4.69) is 13.5 Å². The van der Waals surface area contributed by atoms with Crippen molar-refractivity contribution in [2.45, 2.75) is 39.5 Å². The molecule has 3 nitrogen and oxygen atoms in total. The largest absolute Gasteiger partial charge is 0.366 e. The molecule has 0 bridgehead atoms. The minimum absolute atomic E-state index is 0.398. The fraction of sp³-hybridized carbons (Fsp3) is 0.700. The molecule has 0 saturated carbocycles. The van der Waals surface area contributed by atoms with E-state index in [1.54, 1.807) is 6.92 Å². The lowest BCUT2D eigenvalue weighted by atomic mass is 10.2. The van der Waals surface area contributed by atoms with Gasteiger partial charge in [0, 0.05) is 5.57 Å². The van der Waals surface area contributed by atoms with Crippen LogP contribution in [0.25, 0.3) is 0 Å². The Morgan fingerprint density at radius 1 is 1.31 bits per heavy atom. The number of unbranched alkanes of at least 4 members (excludes halogenated alkanes) is 3. The van der Waals surface area contributed by atoms with E-state index in [9.17, 15) is 4.79 Å². The van der Waals surface area contributed by atoms with Gasteiger partial charge in [0.05, 0.1) is 0 Å². The summed E-state index contributed by atoms with van der Waals surface area (Å²) < 4.78 is 0. The lowest BCUT2D eigenvalue weighted by Crippen LogP contribution is -2.10. The number of hydrogen-bond donors (Lipinski definition) is 2. The van der Waals surface area contributed by atoms with Gasteiger partial charge in [-0.3, -0.25) is 4.79 Å². The normalized spacial score (nSPS) is 8.54. The van der Waals surface area contributed by atoms with E-state index in [-0.39, 0.29) is 0 Å². The van der Waals surface area contributed by atoms with Crippen molar-refractivity contribution in [3.63, 3.8) is 0 Å². The maximum Gasteiger partial charge on any atom is 0.243 e. The third-order valence-electron chi connectivity index (χ3n) is 1.48. The van der Waals surface area contributed by atoms with Gasteiger partial charge in [-0.15, -0.1) is 0 Å². The predicted molar refractivity (Wildman–Crippen MR) is 57.2 cm³/mol. The Hall–Kier alpha value is -0.830. The molecule has 0 spiro atoms. The molecule has 0 saturated heterocycles. The standard InChI is InChI=1S/C6H15N.C4H7NO/c1-2-3-4-5-6-7;1-3(2)4(5)6/h2-7H2,1H3;1H2,2H3,(H2,5,6). The fourth-order valence-electron chi connectivity index (χ4n) is 0.571. The third kappa shape index (κ3) is 18.3. The smallest absolute Gasteiger partial charge is 0.243 e. The molecule has 3 heteroatoms. The zero-order chi connectivity index (χ0) is 10.7. The van der Waals surface area contributed by atoms with Gasteiger partial charge in [0.15, 0.2) is 0 Å². The van der Waals surface area contributed by atoms with Gasteiger partial charge in [0.1, 0.15) is 0 Å². The van der Waals surface area contributed by atoms with Crippen LogP contribution in [0.4, 0.5) is 0 Å². The van der Waals surface area contributed by atoms with Gasteiger partial charge in [-0.1, -0.05) is 32.8 Å². The summed E-state index contributed by atoms with van der Waals surface area (Å²) >= 11 is 0. The third-order valence-corrected chi connectivity index (χ3v) is 1.48. The van der Waals surface area contributed by atoms with E-state index in [0.29, 0.717) is 5.57 Å². The molecule has 0 aliphatic heterocycles. The topological polar surface area (TPSA) is 69.1 Å². The number of amides is 1. The van der Waals surface area contributed by atoms with Gasteiger partial charge in [-0.05, 0) is 19.9 Å². The van der Waals surface area contributed by atoms with Gasteiger partial charge >= 0.3 is 0 Å². The number of carbonyl (C=O) groups excluding carboxylic acids is 1. The van der Waals surface area contributed by atoms with Crippen LogP contribution in [0, 0.1) is 0 Å². The second-order valence-corrected chi connectivity index (χ2v) is 2.99. The SMILES string of the molecule is C=C(C)C(N)=O.CCCCCCN. The lowest BCUT2D eigenvalue weighted by Gasteiger charge is -1.90. The Kier molecular flexibility index (Phi) is 12.6. The summed E-state index contributed by atoms with van der Waals surface area (Å²) in [6.45, 7) is 7.92. The van der Waals surface area contributed by atoms with E-state index in [4.69, 9.17) is 11.5 Å². The van der Waals surface area contributed by atoms with Gasteiger partial charge < -0.3 is 11.5 Å². The second-order valence-electron chi connectivity index (χ2n) is 2.99. The first-order valence-corrected chi connectivity index (χ1v) is 4.71. The van der Waals surface area contributed by atoms with Gasteiger partial charge in [-0.2, -0.15) is 0 Å². The van der Waals surface area contributed by atoms with E-state index >= 15 is 0 Å². The quantitative estimate of drug-likeness (QED) is 0.505. The molecule has 4 N–H and O–H groups in total. The van der Waals surface area contributed by atoms with Gasteiger partial charge in [0.2, 0.25) is 5.91 Å². The minimum atomic E-state index is -0.435. The number of carbonyl (C=O) groups is 1. The first kappa shape index (κ1) is 14.7. The average molecular weight is 186 g/mol. The number of rotatable bonds is 5. The van der Waals surface area contributed by atoms with Crippen molar-refractivity contribution in [1.29, 1.82) is 0 Å². The van der Waals surface area contributed by atoms with Crippen LogP contribution >= 0.6 is 0 Å². The van der Waals surface area contributed by atoms with Crippen molar-refractivity contribution in [1.82, 2.24) is 0 Å². The molecule has 0 aromatic carbocycles.